The third-order valence-corrected chi connectivity index (χ3v) is 3.35. The summed E-state index contributed by atoms with van der Waals surface area (Å²) >= 11 is 3.27. The molecule has 1 N–H and O–H groups in total. The van der Waals surface area contributed by atoms with Crippen molar-refractivity contribution in [3.63, 3.8) is 0 Å². The van der Waals surface area contributed by atoms with Crippen molar-refractivity contribution in [1.82, 2.24) is 5.32 Å². The Balaban J connectivity index is 1.92. The van der Waals surface area contributed by atoms with Gasteiger partial charge >= 0.3 is 0 Å². The van der Waals surface area contributed by atoms with Gasteiger partial charge in [-0.2, -0.15) is 0 Å². The zero-order valence-corrected chi connectivity index (χ0v) is 11.5. The van der Waals surface area contributed by atoms with Crippen LogP contribution in [0.5, 0.6) is 0 Å². The van der Waals surface area contributed by atoms with Gasteiger partial charge in [-0.25, -0.2) is 4.39 Å². The minimum atomic E-state index is -0.339. The summed E-state index contributed by atoms with van der Waals surface area (Å²) in [5.41, 5.74) is 0.429. The summed E-state index contributed by atoms with van der Waals surface area (Å²) in [5, 5.41) is 3.17. The van der Waals surface area contributed by atoms with Crippen molar-refractivity contribution >= 4 is 21.7 Å². The van der Waals surface area contributed by atoms with Gasteiger partial charge in [-0.05, 0) is 23.8 Å². The van der Waals surface area contributed by atoms with Gasteiger partial charge in [0.05, 0.1) is 12.7 Å². The Bertz CT molecular complexity index is 433. The molecule has 1 aliphatic rings. The molecule has 1 aromatic carbocycles. The first-order valence-electron chi connectivity index (χ1n) is 5.93. The third kappa shape index (κ3) is 3.86. The lowest BCUT2D eigenvalue weighted by molar-refractivity contribution is -0.121. The molecule has 1 aromatic rings. The van der Waals surface area contributed by atoms with Gasteiger partial charge in [-0.3, -0.25) is 4.79 Å². The Labute approximate surface area is 114 Å². The molecule has 0 saturated carbocycles. The zero-order chi connectivity index (χ0) is 13.0. The molecule has 0 spiro atoms. The van der Waals surface area contributed by atoms with Crippen LogP contribution >= 0.6 is 15.9 Å². The molecule has 98 valence electrons. The van der Waals surface area contributed by atoms with Gasteiger partial charge in [0.2, 0.25) is 0 Å². The first-order valence-corrected chi connectivity index (χ1v) is 6.72. The molecule has 0 aromatic heterocycles. The number of carbonyl (C=O) groups is 1. The normalized spacial score (nSPS) is 19.8. The number of hydrogen-bond donors (Lipinski definition) is 1. The SMILES string of the molecule is O=C(Cc1cc(Br)ccc1F)CC1CNCCO1. The number of ether oxygens (including phenoxy) is 1. The number of hydrogen-bond acceptors (Lipinski definition) is 3. The van der Waals surface area contributed by atoms with Crippen molar-refractivity contribution in [1.29, 1.82) is 0 Å². The molecular formula is C13H15BrFNO2. The van der Waals surface area contributed by atoms with E-state index in [1.54, 1.807) is 12.1 Å². The van der Waals surface area contributed by atoms with Crippen LogP contribution in [0.25, 0.3) is 0 Å². The summed E-state index contributed by atoms with van der Waals surface area (Å²) in [6.07, 6.45) is 0.367. The van der Waals surface area contributed by atoms with Gasteiger partial charge in [0.25, 0.3) is 0 Å². The van der Waals surface area contributed by atoms with Crippen LogP contribution in [0.1, 0.15) is 12.0 Å². The maximum atomic E-state index is 13.5. The lowest BCUT2D eigenvalue weighted by Gasteiger charge is -2.22. The lowest BCUT2D eigenvalue weighted by atomic mass is 10.0. The Hall–Kier alpha value is -0.780. The van der Waals surface area contributed by atoms with Crippen LogP contribution in [-0.4, -0.2) is 31.6 Å². The van der Waals surface area contributed by atoms with Gasteiger partial charge in [-0.1, -0.05) is 15.9 Å². The molecule has 2 rings (SSSR count). The Morgan fingerprint density at radius 3 is 3.11 bits per heavy atom. The summed E-state index contributed by atoms with van der Waals surface area (Å²) < 4.78 is 19.7. The molecule has 0 radical (unpaired) electrons. The highest BCUT2D eigenvalue weighted by atomic mass is 79.9. The van der Waals surface area contributed by atoms with Crippen LogP contribution in [0.3, 0.4) is 0 Å². The standard InChI is InChI=1S/C13H15BrFNO2/c14-10-1-2-13(15)9(5-10)6-11(17)7-12-8-16-3-4-18-12/h1-2,5,12,16H,3-4,6-8H2. The van der Waals surface area contributed by atoms with E-state index in [0.717, 1.165) is 11.0 Å². The third-order valence-electron chi connectivity index (χ3n) is 2.86. The zero-order valence-electron chi connectivity index (χ0n) is 9.92. The molecule has 0 aliphatic carbocycles. The van der Waals surface area contributed by atoms with Crippen LogP contribution < -0.4 is 5.32 Å². The maximum absolute atomic E-state index is 13.5. The first-order chi connectivity index (χ1) is 8.65. The van der Waals surface area contributed by atoms with Crippen LogP contribution in [0, 0.1) is 5.82 Å². The number of carbonyl (C=O) groups excluding carboxylic acids is 1. The fourth-order valence-corrected chi connectivity index (χ4v) is 2.38. The minimum absolute atomic E-state index is 0.000648. The summed E-state index contributed by atoms with van der Waals surface area (Å²) in [4.78, 5) is 11.9. The Kier molecular flexibility index (Phi) is 4.86. The van der Waals surface area contributed by atoms with Gasteiger partial charge in [0, 0.05) is 30.4 Å². The van der Waals surface area contributed by atoms with E-state index in [1.807, 2.05) is 0 Å². The summed E-state index contributed by atoms with van der Waals surface area (Å²) in [7, 11) is 0. The molecule has 18 heavy (non-hydrogen) atoms. The largest absolute Gasteiger partial charge is 0.375 e. The smallest absolute Gasteiger partial charge is 0.140 e. The molecule has 1 atom stereocenters. The van der Waals surface area contributed by atoms with E-state index in [9.17, 15) is 9.18 Å². The highest BCUT2D eigenvalue weighted by molar-refractivity contribution is 9.10. The molecular weight excluding hydrogens is 301 g/mol. The van der Waals surface area contributed by atoms with Crippen molar-refractivity contribution in [3.05, 3.63) is 34.1 Å². The van der Waals surface area contributed by atoms with Gasteiger partial charge in [0.1, 0.15) is 11.6 Å². The highest BCUT2D eigenvalue weighted by Crippen LogP contribution is 2.17. The van der Waals surface area contributed by atoms with Crippen LogP contribution in [0.2, 0.25) is 0 Å². The molecule has 1 fully saturated rings. The van der Waals surface area contributed by atoms with Crippen LogP contribution in [-0.2, 0) is 16.0 Å². The second-order valence-electron chi connectivity index (χ2n) is 4.35. The van der Waals surface area contributed by atoms with Crippen molar-refractivity contribution in [2.24, 2.45) is 0 Å². The van der Waals surface area contributed by atoms with Crippen molar-refractivity contribution in [3.8, 4) is 0 Å². The minimum Gasteiger partial charge on any atom is -0.375 e. The second kappa shape index (κ2) is 6.41. The number of halogens is 2. The van der Waals surface area contributed by atoms with E-state index in [4.69, 9.17) is 4.74 Å². The van der Waals surface area contributed by atoms with E-state index in [-0.39, 0.29) is 24.1 Å². The number of rotatable bonds is 4. The molecule has 1 unspecified atom stereocenters. The monoisotopic (exact) mass is 315 g/mol. The number of Topliss-reactive ketones (excluding diaryl/α,β-unsaturated/α-hetero) is 1. The van der Waals surface area contributed by atoms with Crippen LogP contribution in [0.4, 0.5) is 4.39 Å². The van der Waals surface area contributed by atoms with Gasteiger partial charge in [0.15, 0.2) is 0 Å². The lowest BCUT2D eigenvalue weighted by Crippen LogP contribution is -2.39. The number of morpholine rings is 1. The number of ketones is 1. The summed E-state index contributed by atoms with van der Waals surface area (Å²) in [6, 6.07) is 4.63. The van der Waals surface area contributed by atoms with E-state index in [1.165, 1.54) is 6.07 Å². The predicted octanol–water partition coefficient (Wildman–Crippen LogP) is 2.08. The second-order valence-corrected chi connectivity index (χ2v) is 5.27. The van der Waals surface area contributed by atoms with Gasteiger partial charge < -0.3 is 10.1 Å². The van der Waals surface area contributed by atoms with Crippen molar-refractivity contribution in [2.45, 2.75) is 18.9 Å². The molecule has 0 bridgehead atoms. The summed E-state index contributed by atoms with van der Waals surface area (Å²) in [6.45, 7) is 2.14. The van der Waals surface area contributed by atoms with Crippen molar-refractivity contribution < 1.29 is 13.9 Å². The predicted molar refractivity (Wildman–Crippen MR) is 70.0 cm³/mol. The molecule has 0 amide bonds. The summed E-state index contributed by atoms with van der Waals surface area (Å²) in [5.74, 6) is -0.338. The van der Waals surface area contributed by atoms with Gasteiger partial charge in [-0.15, -0.1) is 0 Å². The fraction of sp³-hybridized carbons (Fsp3) is 0.462. The molecule has 1 aliphatic heterocycles. The average Bonchev–Trinajstić information content (AvgIpc) is 2.35. The molecule has 1 heterocycles. The molecule has 3 nitrogen and oxygen atoms in total. The Morgan fingerprint density at radius 1 is 1.56 bits per heavy atom. The highest BCUT2D eigenvalue weighted by Gasteiger charge is 2.18. The maximum Gasteiger partial charge on any atom is 0.140 e. The fourth-order valence-electron chi connectivity index (χ4n) is 1.97. The van der Waals surface area contributed by atoms with E-state index < -0.39 is 0 Å². The Morgan fingerprint density at radius 2 is 2.39 bits per heavy atom. The average molecular weight is 316 g/mol. The molecule has 1 saturated heterocycles. The first kappa shape index (κ1) is 13.6. The quantitative estimate of drug-likeness (QED) is 0.924. The van der Waals surface area contributed by atoms with Crippen molar-refractivity contribution in [2.75, 3.05) is 19.7 Å². The van der Waals surface area contributed by atoms with E-state index in [0.29, 0.717) is 25.1 Å². The topological polar surface area (TPSA) is 38.3 Å². The number of benzene rings is 1. The van der Waals surface area contributed by atoms with E-state index >= 15 is 0 Å². The molecule has 5 heteroatoms. The number of nitrogens with one attached hydrogen (secondary N) is 1. The van der Waals surface area contributed by atoms with Crippen LogP contribution in [0.15, 0.2) is 22.7 Å². The van der Waals surface area contributed by atoms with E-state index in [2.05, 4.69) is 21.2 Å².